The van der Waals surface area contributed by atoms with Crippen molar-refractivity contribution in [1.29, 1.82) is 0 Å². The summed E-state index contributed by atoms with van der Waals surface area (Å²) in [6, 6.07) is 0.821. The Hall–Kier alpha value is -0.0800. The van der Waals surface area contributed by atoms with Crippen molar-refractivity contribution in [3.05, 3.63) is 0 Å². The van der Waals surface area contributed by atoms with Crippen LogP contribution in [0.5, 0.6) is 0 Å². The summed E-state index contributed by atoms with van der Waals surface area (Å²) in [6.45, 7) is 6.04. The molecule has 1 fully saturated rings. The molecule has 1 heterocycles. The Labute approximate surface area is 76.5 Å². The van der Waals surface area contributed by atoms with E-state index in [0.717, 1.165) is 6.04 Å². The van der Waals surface area contributed by atoms with Gasteiger partial charge in [0.1, 0.15) is 0 Å². The standard InChI is InChI=1S/C10H22N2/c1-4-7-11(2)9-10-6-5-8-12(10)3/h10H,4-9H2,1-3H3/t10-/m0/s1. The third kappa shape index (κ3) is 2.76. The molecule has 1 atom stereocenters. The van der Waals surface area contributed by atoms with Gasteiger partial charge in [-0.25, -0.2) is 0 Å². The lowest BCUT2D eigenvalue weighted by Crippen LogP contribution is -2.36. The summed E-state index contributed by atoms with van der Waals surface area (Å²) in [7, 11) is 4.48. The zero-order valence-corrected chi connectivity index (χ0v) is 8.71. The van der Waals surface area contributed by atoms with E-state index in [2.05, 4.69) is 30.8 Å². The third-order valence-corrected chi connectivity index (χ3v) is 2.80. The number of rotatable bonds is 4. The van der Waals surface area contributed by atoms with Crippen LogP contribution < -0.4 is 0 Å². The summed E-state index contributed by atoms with van der Waals surface area (Å²) in [5.74, 6) is 0. The Morgan fingerprint density at radius 1 is 1.50 bits per heavy atom. The van der Waals surface area contributed by atoms with Gasteiger partial charge >= 0.3 is 0 Å². The molecule has 1 aliphatic heterocycles. The molecule has 0 spiro atoms. The summed E-state index contributed by atoms with van der Waals surface area (Å²) in [5, 5.41) is 0. The maximum absolute atomic E-state index is 2.49. The molecule has 0 aromatic rings. The van der Waals surface area contributed by atoms with Crippen LogP contribution in [-0.2, 0) is 0 Å². The molecule has 0 radical (unpaired) electrons. The second-order valence-corrected chi connectivity index (χ2v) is 4.04. The van der Waals surface area contributed by atoms with Crippen molar-refractivity contribution in [3.8, 4) is 0 Å². The molecule has 0 N–H and O–H groups in total. The minimum Gasteiger partial charge on any atom is -0.305 e. The first-order valence-electron chi connectivity index (χ1n) is 5.12. The van der Waals surface area contributed by atoms with Crippen LogP contribution in [0.2, 0.25) is 0 Å². The van der Waals surface area contributed by atoms with Gasteiger partial charge in [-0.15, -0.1) is 0 Å². The average Bonchev–Trinajstić information content (AvgIpc) is 2.37. The molecule has 0 unspecified atom stereocenters. The Morgan fingerprint density at radius 3 is 2.75 bits per heavy atom. The zero-order chi connectivity index (χ0) is 8.97. The van der Waals surface area contributed by atoms with Gasteiger partial charge in [-0.2, -0.15) is 0 Å². The predicted molar refractivity (Wildman–Crippen MR) is 53.4 cm³/mol. The topological polar surface area (TPSA) is 6.48 Å². The van der Waals surface area contributed by atoms with Gasteiger partial charge in [0.25, 0.3) is 0 Å². The maximum atomic E-state index is 2.49. The number of hydrogen-bond donors (Lipinski definition) is 0. The van der Waals surface area contributed by atoms with Crippen molar-refractivity contribution >= 4 is 0 Å². The molecule has 0 aromatic carbocycles. The highest BCUT2D eigenvalue weighted by Crippen LogP contribution is 2.15. The minimum absolute atomic E-state index is 0.821. The Morgan fingerprint density at radius 2 is 2.25 bits per heavy atom. The summed E-state index contributed by atoms with van der Waals surface area (Å²) in [4.78, 5) is 4.94. The molecule has 1 saturated heterocycles. The molecule has 0 saturated carbocycles. The van der Waals surface area contributed by atoms with Gasteiger partial charge in [-0.1, -0.05) is 6.92 Å². The van der Waals surface area contributed by atoms with E-state index >= 15 is 0 Å². The molecule has 72 valence electrons. The lowest BCUT2D eigenvalue weighted by atomic mass is 10.2. The van der Waals surface area contributed by atoms with E-state index < -0.39 is 0 Å². The van der Waals surface area contributed by atoms with Crippen LogP contribution in [0.1, 0.15) is 26.2 Å². The first kappa shape index (κ1) is 10.0. The van der Waals surface area contributed by atoms with Crippen molar-refractivity contribution in [2.45, 2.75) is 32.2 Å². The van der Waals surface area contributed by atoms with Crippen molar-refractivity contribution in [2.24, 2.45) is 0 Å². The van der Waals surface area contributed by atoms with Crippen molar-refractivity contribution in [2.75, 3.05) is 33.7 Å². The first-order chi connectivity index (χ1) is 5.74. The SMILES string of the molecule is CCCN(C)C[C@@H]1CCCN1C. The summed E-state index contributed by atoms with van der Waals surface area (Å²) >= 11 is 0. The second kappa shape index (κ2) is 4.83. The fourth-order valence-corrected chi connectivity index (χ4v) is 2.04. The monoisotopic (exact) mass is 170 g/mol. The molecular weight excluding hydrogens is 148 g/mol. The van der Waals surface area contributed by atoms with E-state index in [9.17, 15) is 0 Å². The van der Waals surface area contributed by atoms with Crippen LogP contribution in [0.15, 0.2) is 0 Å². The summed E-state index contributed by atoms with van der Waals surface area (Å²) in [6.07, 6.45) is 4.05. The van der Waals surface area contributed by atoms with Crippen LogP contribution >= 0.6 is 0 Å². The molecular formula is C10H22N2. The molecule has 0 aromatic heterocycles. The number of hydrogen-bond acceptors (Lipinski definition) is 2. The van der Waals surface area contributed by atoms with Crippen molar-refractivity contribution in [1.82, 2.24) is 9.80 Å². The van der Waals surface area contributed by atoms with Crippen LogP contribution in [0, 0.1) is 0 Å². The van der Waals surface area contributed by atoms with Gasteiger partial charge in [0.15, 0.2) is 0 Å². The molecule has 1 rings (SSSR count). The van der Waals surface area contributed by atoms with Crippen LogP contribution in [0.4, 0.5) is 0 Å². The average molecular weight is 170 g/mol. The zero-order valence-electron chi connectivity index (χ0n) is 8.71. The van der Waals surface area contributed by atoms with Crippen molar-refractivity contribution in [3.63, 3.8) is 0 Å². The largest absolute Gasteiger partial charge is 0.305 e. The van der Waals surface area contributed by atoms with E-state index in [1.165, 1.54) is 38.9 Å². The third-order valence-electron chi connectivity index (χ3n) is 2.80. The molecule has 0 amide bonds. The number of likely N-dealkylation sites (tertiary alicyclic amines) is 1. The Bertz CT molecular complexity index is 125. The van der Waals surface area contributed by atoms with Gasteiger partial charge in [-0.3, -0.25) is 0 Å². The molecule has 2 nitrogen and oxygen atoms in total. The molecule has 2 heteroatoms. The van der Waals surface area contributed by atoms with E-state index in [1.54, 1.807) is 0 Å². The highest BCUT2D eigenvalue weighted by molar-refractivity contribution is 4.78. The van der Waals surface area contributed by atoms with Gasteiger partial charge in [0.2, 0.25) is 0 Å². The molecule has 0 aliphatic carbocycles. The quantitative estimate of drug-likeness (QED) is 0.629. The number of likely N-dealkylation sites (N-methyl/N-ethyl adjacent to an activating group) is 2. The van der Waals surface area contributed by atoms with Gasteiger partial charge in [0.05, 0.1) is 0 Å². The first-order valence-corrected chi connectivity index (χ1v) is 5.12. The summed E-state index contributed by atoms with van der Waals surface area (Å²) < 4.78 is 0. The number of nitrogens with zero attached hydrogens (tertiary/aromatic N) is 2. The summed E-state index contributed by atoms with van der Waals surface area (Å²) in [5.41, 5.74) is 0. The van der Waals surface area contributed by atoms with E-state index in [-0.39, 0.29) is 0 Å². The minimum atomic E-state index is 0.821. The Kier molecular flexibility index (Phi) is 4.02. The van der Waals surface area contributed by atoms with Crippen LogP contribution in [0.3, 0.4) is 0 Å². The maximum Gasteiger partial charge on any atom is 0.0220 e. The van der Waals surface area contributed by atoms with Gasteiger partial charge in [-0.05, 0) is 46.4 Å². The van der Waals surface area contributed by atoms with Gasteiger partial charge in [0, 0.05) is 12.6 Å². The van der Waals surface area contributed by atoms with Crippen LogP contribution in [-0.4, -0.2) is 49.6 Å². The normalized spacial score (nSPS) is 25.5. The van der Waals surface area contributed by atoms with Crippen molar-refractivity contribution < 1.29 is 0 Å². The fraction of sp³-hybridized carbons (Fsp3) is 1.00. The molecule has 0 bridgehead atoms. The van der Waals surface area contributed by atoms with E-state index in [1.807, 2.05) is 0 Å². The van der Waals surface area contributed by atoms with E-state index in [4.69, 9.17) is 0 Å². The van der Waals surface area contributed by atoms with Crippen LogP contribution in [0.25, 0.3) is 0 Å². The smallest absolute Gasteiger partial charge is 0.0220 e. The molecule has 12 heavy (non-hydrogen) atoms. The molecule has 1 aliphatic rings. The van der Waals surface area contributed by atoms with E-state index in [0.29, 0.717) is 0 Å². The predicted octanol–water partition coefficient (Wildman–Crippen LogP) is 1.42. The van der Waals surface area contributed by atoms with Gasteiger partial charge < -0.3 is 9.80 Å². The second-order valence-electron chi connectivity index (χ2n) is 4.04. The highest BCUT2D eigenvalue weighted by atomic mass is 15.2. The lowest BCUT2D eigenvalue weighted by molar-refractivity contribution is 0.220. The lowest BCUT2D eigenvalue weighted by Gasteiger charge is -2.25. The Balaban J connectivity index is 2.20. The fourth-order valence-electron chi connectivity index (χ4n) is 2.04. The highest BCUT2D eigenvalue weighted by Gasteiger charge is 2.21.